The van der Waals surface area contributed by atoms with Crippen molar-refractivity contribution < 1.29 is 9.53 Å². The predicted molar refractivity (Wildman–Crippen MR) is 96.3 cm³/mol. The molecular weight excluding hydrogens is 314 g/mol. The molecule has 1 saturated heterocycles. The molecule has 1 aromatic carbocycles. The van der Waals surface area contributed by atoms with Gasteiger partial charge in [0.05, 0.1) is 12.7 Å². The second-order valence-corrected chi connectivity index (χ2v) is 6.46. The number of pyridine rings is 1. The van der Waals surface area contributed by atoms with Crippen molar-refractivity contribution in [1.29, 1.82) is 0 Å². The summed E-state index contributed by atoms with van der Waals surface area (Å²) in [4.78, 5) is 22.0. The van der Waals surface area contributed by atoms with E-state index in [2.05, 4.69) is 9.97 Å². The number of carbonyl (C=O) groups is 1. The largest absolute Gasteiger partial charge is 0.372 e. The maximum absolute atomic E-state index is 12.8. The Labute approximate surface area is 146 Å². The summed E-state index contributed by atoms with van der Waals surface area (Å²) in [6.45, 7) is 1.95. The number of para-hydroxylation sites is 1. The van der Waals surface area contributed by atoms with Crippen LogP contribution >= 0.6 is 0 Å². The molecule has 1 aliphatic heterocycles. The van der Waals surface area contributed by atoms with E-state index in [9.17, 15) is 4.79 Å². The zero-order valence-corrected chi connectivity index (χ0v) is 14.0. The molecule has 25 heavy (non-hydrogen) atoms. The molecule has 128 valence electrons. The number of hydrogen-bond acceptors (Lipinski definition) is 3. The second kappa shape index (κ2) is 7.07. The first-order valence-electron chi connectivity index (χ1n) is 8.67. The maximum atomic E-state index is 12.8. The van der Waals surface area contributed by atoms with E-state index in [0.717, 1.165) is 35.9 Å². The maximum Gasteiger partial charge on any atom is 0.270 e. The van der Waals surface area contributed by atoms with E-state index >= 15 is 0 Å². The van der Waals surface area contributed by atoms with Gasteiger partial charge < -0.3 is 14.6 Å². The molecule has 3 aromatic rings. The summed E-state index contributed by atoms with van der Waals surface area (Å²) in [6, 6.07) is 13.8. The number of carbonyl (C=O) groups excluding carboxylic acids is 1. The standard InChI is InChI=1S/C20H21N3O2/c24-20(19-11-16-6-1-2-8-18(16)22-19)23-10-4-7-17(13-23)25-14-15-5-3-9-21-12-15/h1-3,5-6,8-9,11-12,17,22H,4,7,10,13-14H2/t17-/m1/s1. The van der Waals surface area contributed by atoms with Crippen LogP contribution in [0, 0.1) is 0 Å². The molecule has 4 rings (SSSR count). The summed E-state index contributed by atoms with van der Waals surface area (Å²) in [5, 5.41) is 1.06. The lowest BCUT2D eigenvalue weighted by Gasteiger charge is -2.32. The van der Waals surface area contributed by atoms with Gasteiger partial charge >= 0.3 is 0 Å². The van der Waals surface area contributed by atoms with Crippen molar-refractivity contribution >= 4 is 16.8 Å². The molecule has 0 saturated carbocycles. The highest BCUT2D eigenvalue weighted by atomic mass is 16.5. The van der Waals surface area contributed by atoms with Crippen molar-refractivity contribution in [3.8, 4) is 0 Å². The number of aromatic nitrogens is 2. The summed E-state index contributed by atoms with van der Waals surface area (Å²) in [6.07, 6.45) is 5.59. The van der Waals surface area contributed by atoms with Gasteiger partial charge in [0.15, 0.2) is 0 Å². The molecule has 0 unspecified atom stereocenters. The molecule has 1 aliphatic rings. The van der Waals surface area contributed by atoms with Crippen molar-refractivity contribution in [2.45, 2.75) is 25.6 Å². The first-order valence-corrected chi connectivity index (χ1v) is 8.67. The lowest BCUT2D eigenvalue weighted by molar-refractivity contribution is -0.00694. The molecule has 0 spiro atoms. The summed E-state index contributed by atoms with van der Waals surface area (Å²) >= 11 is 0. The molecule has 1 amide bonds. The van der Waals surface area contributed by atoms with Gasteiger partial charge in [-0.3, -0.25) is 9.78 Å². The van der Waals surface area contributed by atoms with Crippen LogP contribution in [0.5, 0.6) is 0 Å². The highest BCUT2D eigenvalue weighted by Gasteiger charge is 2.25. The quantitative estimate of drug-likeness (QED) is 0.795. The number of H-pyrrole nitrogens is 1. The van der Waals surface area contributed by atoms with Crippen LogP contribution in [0.3, 0.4) is 0 Å². The Morgan fingerprint density at radius 3 is 3.04 bits per heavy atom. The van der Waals surface area contributed by atoms with Crippen molar-refractivity contribution in [3.63, 3.8) is 0 Å². The van der Waals surface area contributed by atoms with Crippen LogP contribution in [0.4, 0.5) is 0 Å². The third-order valence-electron chi connectivity index (χ3n) is 4.63. The number of hydrogen-bond donors (Lipinski definition) is 1. The molecule has 1 N–H and O–H groups in total. The molecular formula is C20H21N3O2. The third kappa shape index (κ3) is 3.56. The SMILES string of the molecule is O=C(c1cc2ccccc2[nH]1)N1CCC[C@@H](OCc2cccnc2)C1. The third-order valence-corrected chi connectivity index (χ3v) is 4.63. The van der Waals surface area contributed by atoms with Crippen molar-refractivity contribution in [2.24, 2.45) is 0 Å². The first-order chi connectivity index (χ1) is 12.3. The number of nitrogens with one attached hydrogen (secondary N) is 1. The Hall–Kier alpha value is -2.66. The summed E-state index contributed by atoms with van der Waals surface area (Å²) in [5.41, 5.74) is 2.70. The number of benzene rings is 1. The lowest BCUT2D eigenvalue weighted by atomic mass is 10.1. The monoisotopic (exact) mass is 335 g/mol. The summed E-state index contributed by atoms with van der Waals surface area (Å²) < 4.78 is 6.00. The number of ether oxygens (including phenoxy) is 1. The van der Waals surface area contributed by atoms with Gasteiger partial charge in [0.1, 0.15) is 5.69 Å². The molecule has 0 radical (unpaired) electrons. The topological polar surface area (TPSA) is 58.2 Å². The molecule has 0 aliphatic carbocycles. The fourth-order valence-electron chi connectivity index (χ4n) is 3.32. The first kappa shape index (κ1) is 15.8. The van der Waals surface area contributed by atoms with Gasteiger partial charge in [-0.15, -0.1) is 0 Å². The molecule has 5 nitrogen and oxygen atoms in total. The average molecular weight is 335 g/mol. The number of rotatable bonds is 4. The summed E-state index contributed by atoms with van der Waals surface area (Å²) in [7, 11) is 0. The number of amides is 1. The van der Waals surface area contributed by atoms with Crippen LogP contribution in [0.2, 0.25) is 0 Å². The van der Waals surface area contributed by atoms with Crippen molar-refractivity contribution in [2.75, 3.05) is 13.1 Å². The van der Waals surface area contributed by atoms with E-state index in [1.165, 1.54) is 0 Å². The zero-order valence-electron chi connectivity index (χ0n) is 14.0. The van der Waals surface area contributed by atoms with Gasteiger partial charge in [-0.25, -0.2) is 0 Å². The van der Waals surface area contributed by atoms with Crippen LogP contribution < -0.4 is 0 Å². The molecule has 1 fully saturated rings. The predicted octanol–water partition coefficient (Wildman–Crippen LogP) is 3.38. The minimum atomic E-state index is 0.0471. The number of nitrogens with zero attached hydrogens (tertiary/aromatic N) is 2. The Morgan fingerprint density at radius 1 is 1.28 bits per heavy atom. The highest BCUT2D eigenvalue weighted by Crippen LogP contribution is 2.20. The van der Waals surface area contributed by atoms with Gasteiger partial charge in [-0.05, 0) is 36.6 Å². The minimum Gasteiger partial charge on any atom is -0.372 e. The smallest absolute Gasteiger partial charge is 0.270 e. The summed E-state index contributed by atoms with van der Waals surface area (Å²) in [5.74, 6) is 0.0471. The van der Waals surface area contributed by atoms with Crippen molar-refractivity contribution in [1.82, 2.24) is 14.9 Å². The zero-order chi connectivity index (χ0) is 17.1. The number of likely N-dealkylation sites (tertiary alicyclic amines) is 1. The van der Waals surface area contributed by atoms with E-state index in [1.807, 2.05) is 53.6 Å². The number of aromatic amines is 1. The van der Waals surface area contributed by atoms with Crippen LogP contribution in [0.25, 0.3) is 10.9 Å². The van der Waals surface area contributed by atoms with Crippen LogP contribution in [0.15, 0.2) is 54.9 Å². The fraction of sp³-hybridized carbons (Fsp3) is 0.300. The van der Waals surface area contributed by atoms with Crippen LogP contribution in [-0.4, -0.2) is 40.0 Å². The van der Waals surface area contributed by atoms with Crippen LogP contribution in [-0.2, 0) is 11.3 Å². The Balaban J connectivity index is 1.40. The van der Waals surface area contributed by atoms with E-state index < -0.39 is 0 Å². The van der Waals surface area contributed by atoms with Crippen LogP contribution in [0.1, 0.15) is 28.9 Å². The van der Waals surface area contributed by atoms with E-state index in [1.54, 1.807) is 6.20 Å². The van der Waals surface area contributed by atoms with E-state index in [-0.39, 0.29) is 12.0 Å². The Kier molecular flexibility index (Phi) is 4.48. The minimum absolute atomic E-state index is 0.0471. The highest BCUT2D eigenvalue weighted by molar-refractivity contribution is 5.98. The van der Waals surface area contributed by atoms with Crippen molar-refractivity contribution in [3.05, 3.63) is 66.1 Å². The second-order valence-electron chi connectivity index (χ2n) is 6.46. The van der Waals surface area contributed by atoms with Gasteiger partial charge in [0.2, 0.25) is 0 Å². The van der Waals surface area contributed by atoms with Gasteiger partial charge in [0, 0.05) is 36.4 Å². The van der Waals surface area contributed by atoms with E-state index in [4.69, 9.17) is 4.74 Å². The number of fused-ring (bicyclic) bond motifs is 1. The normalized spacial score (nSPS) is 17.8. The molecule has 0 bridgehead atoms. The van der Waals surface area contributed by atoms with E-state index in [0.29, 0.717) is 18.8 Å². The molecule has 5 heteroatoms. The number of piperidine rings is 1. The molecule has 3 heterocycles. The van der Waals surface area contributed by atoms with Gasteiger partial charge in [-0.2, -0.15) is 0 Å². The van der Waals surface area contributed by atoms with Gasteiger partial charge in [0.25, 0.3) is 5.91 Å². The van der Waals surface area contributed by atoms with Gasteiger partial charge in [-0.1, -0.05) is 24.3 Å². The Bertz CT molecular complexity index is 827. The fourth-order valence-corrected chi connectivity index (χ4v) is 3.32. The Morgan fingerprint density at radius 2 is 2.20 bits per heavy atom. The molecule has 1 atom stereocenters. The lowest BCUT2D eigenvalue weighted by Crippen LogP contribution is -2.43. The average Bonchev–Trinajstić information content (AvgIpc) is 3.11. The molecule has 2 aromatic heterocycles.